The molecular weight excluding hydrogens is 226 g/mol. The van der Waals surface area contributed by atoms with Gasteiger partial charge in [0.25, 0.3) is 0 Å². The Hall–Kier alpha value is -0.260. The van der Waals surface area contributed by atoms with E-state index in [0.717, 1.165) is 25.6 Å². The smallest absolute Gasteiger partial charge is 0.305 e. The molecule has 2 fully saturated rings. The van der Waals surface area contributed by atoms with Crippen LogP contribution in [0.1, 0.15) is 12.8 Å². The van der Waals surface area contributed by atoms with Gasteiger partial charge in [-0.05, 0) is 23.8 Å². The number of carboxylic acid groups (broad SMARTS) is 1. The highest BCUT2D eigenvalue weighted by molar-refractivity contribution is 7.99. The van der Waals surface area contributed by atoms with Gasteiger partial charge in [0.05, 0.1) is 19.6 Å². The number of nitrogens with zero attached hydrogens (tertiary/aromatic N) is 1. The molecule has 0 radical (unpaired) electrons. The molecule has 0 spiro atoms. The van der Waals surface area contributed by atoms with E-state index in [1.54, 1.807) is 0 Å². The quantitative estimate of drug-likeness (QED) is 0.798. The Morgan fingerprint density at radius 1 is 1.56 bits per heavy atom. The summed E-state index contributed by atoms with van der Waals surface area (Å²) < 4.78 is 5.37. The van der Waals surface area contributed by atoms with Gasteiger partial charge in [-0.1, -0.05) is 0 Å². The van der Waals surface area contributed by atoms with Crippen molar-refractivity contribution in [3.63, 3.8) is 0 Å². The molecule has 0 aromatic carbocycles. The summed E-state index contributed by atoms with van der Waals surface area (Å²) in [4.78, 5) is 13.1. The monoisotopic (exact) mass is 245 g/mol. The fraction of sp³-hybridized carbons (Fsp3) is 0.909. The molecule has 2 aliphatic heterocycles. The molecule has 2 aliphatic rings. The number of thioether (sulfide) groups is 1. The summed E-state index contributed by atoms with van der Waals surface area (Å²) in [5.41, 5.74) is 0. The first kappa shape index (κ1) is 12.2. The van der Waals surface area contributed by atoms with Crippen LogP contribution in [0.15, 0.2) is 0 Å². The Kier molecular flexibility index (Phi) is 4.49. The number of carboxylic acids is 1. The largest absolute Gasteiger partial charge is 0.481 e. The van der Waals surface area contributed by atoms with Crippen molar-refractivity contribution in [1.82, 2.24) is 4.90 Å². The highest BCUT2D eigenvalue weighted by Gasteiger charge is 2.28. The zero-order valence-electron chi connectivity index (χ0n) is 9.43. The molecule has 0 aromatic rings. The minimum absolute atomic E-state index is 0.0804. The summed E-state index contributed by atoms with van der Waals surface area (Å²) in [5, 5.41) is 8.86. The first-order valence-corrected chi connectivity index (χ1v) is 7.02. The Morgan fingerprint density at radius 2 is 2.44 bits per heavy atom. The average molecular weight is 245 g/mol. The van der Waals surface area contributed by atoms with E-state index < -0.39 is 5.97 Å². The van der Waals surface area contributed by atoms with Gasteiger partial charge in [-0.3, -0.25) is 9.69 Å². The fourth-order valence-corrected chi connectivity index (χ4v) is 3.65. The molecule has 2 unspecified atom stereocenters. The normalized spacial score (nSPS) is 31.8. The maximum Gasteiger partial charge on any atom is 0.305 e. The highest BCUT2D eigenvalue weighted by Crippen LogP contribution is 2.25. The van der Waals surface area contributed by atoms with Gasteiger partial charge in [-0.2, -0.15) is 11.8 Å². The molecule has 0 amide bonds. The number of carbonyl (C=O) groups is 1. The molecule has 2 saturated heterocycles. The molecule has 2 heterocycles. The summed E-state index contributed by atoms with van der Waals surface area (Å²) >= 11 is 2.01. The molecule has 92 valence electrons. The SMILES string of the molecule is O=C(O)CC1COCCN1CC1CCSC1. The van der Waals surface area contributed by atoms with Gasteiger partial charge in [-0.15, -0.1) is 0 Å². The summed E-state index contributed by atoms with van der Waals surface area (Å²) in [5.74, 6) is 2.52. The molecule has 0 bridgehead atoms. The van der Waals surface area contributed by atoms with Crippen LogP contribution in [0.5, 0.6) is 0 Å². The van der Waals surface area contributed by atoms with Crippen molar-refractivity contribution in [1.29, 1.82) is 0 Å². The third-order valence-electron chi connectivity index (χ3n) is 3.28. The van der Waals surface area contributed by atoms with Gasteiger partial charge < -0.3 is 9.84 Å². The predicted octanol–water partition coefficient (Wildman–Crippen LogP) is 0.915. The van der Waals surface area contributed by atoms with Crippen molar-refractivity contribution in [3.05, 3.63) is 0 Å². The van der Waals surface area contributed by atoms with E-state index in [-0.39, 0.29) is 12.5 Å². The van der Waals surface area contributed by atoms with Crippen LogP contribution in [0.2, 0.25) is 0 Å². The number of ether oxygens (including phenoxy) is 1. The zero-order chi connectivity index (χ0) is 11.4. The van der Waals surface area contributed by atoms with Crippen LogP contribution in [-0.4, -0.2) is 59.8 Å². The number of morpholine rings is 1. The van der Waals surface area contributed by atoms with E-state index in [0.29, 0.717) is 6.61 Å². The van der Waals surface area contributed by atoms with E-state index in [9.17, 15) is 4.79 Å². The average Bonchev–Trinajstić information content (AvgIpc) is 2.73. The minimum atomic E-state index is -0.721. The van der Waals surface area contributed by atoms with Crippen LogP contribution in [0.3, 0.4) is 0 Å². The van der Waals surface area contributed by atoms with E-state index in [1.807, 2.05) is 11.8 Å². The summed E-state index contributed by atoms with van der Waals surface area (Å²) in [6.45, 7) is 3.26. The highest BCUT2D eigenvalue weighted by atomic mass is 32.2. The lowest BCUT2D eigenvalue weighted by atomic mass is 10.1. The molecular formula is C11H19NO3S. The Labute approximate surface area is 100 Å². The molecule has 5 heteroatoms. The van der Waals surface area contributed by atoms with Crippen LogP contribution in [-0.2, 0) is 9.53 Å². The lowest BCUT2D eigenvalue weighted by Gasteiger charge is -2.36. The van der Waals surface area contributed by atoms with Crippen molar-refractivity contribution in [2.75, 3.05) is 37.8 Å². The Balaban J connectivity index is 1.85. The van der Waals surface area contributed by atoms with Crippen molar-refractivity contribution >= 4 is 17.7 Å². The predicted molar refractivity (Wildman–Crippen MR) is 63.9 cm³/mol. The fourth-order valence-electron chi connectivity index (χ4n) is 2.38. The number of aliphatic carboxylic acids is 1. The van der Waals surface area contributed by atoms with Crippen molar-refractivity contribution in [2.45, 2.75) is 18.9 Å². The minimum Gasteiger partial charge on any atom is -0.481 e. The van der Waals surface area contributed by atoms with Gasteiger partial charge in [0, 0.05) is 19.1 Å². The second kappa shape index (κ2) is 5.89. The summed E-state index contributed by atoms with van der Waals surface area (Å²) in [6, 6.07) is 0.0804. The molecule has 0 aliphatic carbocycles. The maximum absolute atomic E-state index is 10.8. The third kappa shape index (κ3) is 3.37. The summed E-state index contributed by atoms with van der Waals surface area (Å²) in [7, 11) is 0. The number of hydrogen-bond acceptors (Lipinski definition) is 4. The van der Waals surface area contributed by atoms with Crippen LogP contribution < -0.4 is 0 Å². The van der Waals surface area contributed by atoms with Gasteiger partial charge >= 0.3 is 5.97 Å². The van der Waals surface area contributed by atoms with E-state index >= 15 is 0 Å². The van der Waals surface area contributed by atoms with E-state index in [1.165, 1.54) is 17.9 Å². The molecule has 0 saturated carbocycles. The molecule has 1 N–H and O–H groups in total. The first-order valence-electron chi connectivity index (χ1n) is 5.87. The van der Waals surface area contributed by atoms with Crippen molar-refractivity contribution in [3.8, 4) is 0 Å². The Morgan fingerprint density at radius 3 is 3.12 bits per heavy atom. The maximum atomic E-state index is 10.8. The zero-order valence-corrected chi connectivity index (χ0v) is 10.2. The summed E-state index contributed by atoms with van der Waals surface area (Å²) in [6.07, 6.45) is 1.49. The van der Waals surface area contributed by atoms with Crippen LogP contribution in [0.4, 0.5) is 0 Å². The second-order valence-electron chi connectivity index (χ2n) is 4.55. The van der Waals surface area contributed by atoms with Crippen LogP contribution in [0.25, 0.3) is 0 Å². The molecule has 16 heavy (non-hydrogen) atoms. The lowest BCUT2D eigenvalue weighted by molar-refractivity contribution is -0.140. The van der Waals surface area contributed by atoms with E-state index in [4.69, 9.17) is 9.84 Å². The number of rotatable bonds is 4. The lowest BCUT2D eigenvalue weighted by Crippen LogP contribution is -2.48. The topological polar surface area (TPSA) is 49.8 Å². The van der Waals surface area contributed by atoms with Crippen molar-refractivity contribution < 1.29 is 14.6 Å². The van der Waals surface area contributed by atoms with Gasteiger partial charge in [-0.25, -0.2) is 0 Å². The first-order chi connectivity index (χ1) is 7.75. The van der Waals surface area contributed by atoms with Gasteiger partial charge in [0.15, 0.2) is 0 Å². The van der Waals surface area contributed by atoms with Crippen LogP contribution >= 0.6 is 11.8 Å². The van der Waals surface area contributed by atoms with Gasteiger partial charge in [0.1, 0.15) is 0 Å². The molecule has 2 atom stereocenters. The molecule has 4 nitrogen and oxygen atoms in total. The second-order valence-corrected chi connectivity index (χ2v) is 5.70. The number of hydrogen-bond donors (Lipinski definition) is 1. The Bertz CT molecular complexity index is 243. The van der Waals surface area contributed by atoms with Crippen LogP contribution in [0, 0.1) is 5.92 Å². The molecule has 0 aromatic heterocycles. The third-order valence-corrected chi connectivity index (χ3v) is 4.51. The standard InChI is InChI=1S/C11H19NO3S/c13-11(14)5-10-7-15-3-2-12(10)6-9-1-4-16-8-9/h9-10H,1-8H2,(H,13,14). The van der Waals surface area contributed by atoms with Gasteiger partial charge in [0.2, 0.25) is 0 Å². The van der Waals surface area contributed by atoms with Crippen molar-refractivity contribution in [2.24, 2.45) is 5.92 Å². The molecule has 2 rings (SSSR count). The van der Waals surface area contributed by atoms with E-state index in [2.05, 4.69) is 4.90 Å².